The second kappa shape index (κ2) is 8.15. The summed E-state index contributed by atoms with van der Waals surface area (Å²) in [5.41, 5.74) is 10.8. The number of carbonyl (C=O) groups excluding carboxylic acids is 1. The van der Waals surface area contributed by atoms with Gasteiger partial charge >= 0.3 is 0 Å². The van der Waals surface area contributed by atoms with Crippen molar-refractivity contribution in [2.75, 3.05) is 5.73 Å². The molecular formula is C26H22N4O2. The fraction of sp³-hybridized carbons (Fsp3) is 0.115. The van der Waals surface area contributed by atoms with Crippen LogP contribution >= 0.6 is 0 Å². The van der Waals surface area contributed by atoms with Crippen LogP contribution in [0.5, 0.6) is 5.75 Å². The molecule has 32 heavy (non-hydrogen) atoms. The molecule has 3 N–H and O–H groups in total. The molecule has 5 rings (SSSR count). The van der Waals surface area contributed by atoms with Gasteiger partial charge in [-0.25, -0.2) is 4.98 Å². The van der Waals surface area contributed by atoms with E-state index in [9.17, 15) is 4.79 Å². The van der Waals surface area contributed by atoms with Gasteiger partial charge in [-0.3, -0.25) is 9.89 Å². The molecule has 0 saturated heterocycles. The SMILES string of the molecule is CC(=O)c1cccc(-c2cc(-c3ccc(OC4C=CC=CC4)cc3)c3c(N)[nH]nc3n2)c1. The first-order chi connectivity index (χ1) is 15.6. The summed E-state index contributed by atoms with van der Waals surface area (Å²) in [6.07, 6.45) is 9.07. The van der Waals surface area contributed by atoms with E-state index in [1.807, 2.05) is 66.8 Å². The molecule has 2 aromatic heterocycles. The minimum absolute atomic E-state index is 0.0102. The number of hydrogen-bond donors (Lipinski definition) is 2. The van der Waals surface area contributed by atoms with Crippen molar-refractivity contribution in [1.29, 1.82) is 0 Å². The van der Waals surface area contributed by atoms with Crippen molar-refractivity contribution >= 4 is 22.6 Å². The van der Waals surface area contributed by atoms with Crippen molar-refractivity contribution in [3.63, 3.8) is 0 Å². The van der Waals surface area contributed by atoms with Gasteiger partial charge < -0.3 is 10.5 Å². The highest BCUT2D eigenvalue weighted by Gasteiger charge is 2.16. The number of anilines is 1. The maximum Gasteiger partial charge on any atom is 0.184 e. The molecule has 0 aliphatic heterocycles. The fourth-order valence-corrected chi connectivity index (χ4v) is 3.85. The predicted octanol–water partition coefficient (Wildman–Crippen LogP) is 5.34. The van der Waals surface area contributed by atoms with E-state index in [1.165, 1.54) is 0 Å². The van der Waals surface area contributed by atoms with Crippen LogP contribution in [0.4, 0.5) is 5.82 Å². The molecule has 0 radical (unpaired) electrons. The molecule has 1 aliphatic carbocycles. The third kappa shape index (κ3) is 3.78. The number of carbonyl (C=O) groups is 1. The lowest BCUT2D eigenvalue weighted by Crippen LogP contribution is -2.13. The van der Waals surface area contributed by atoms with E-state index in [1.54, 1.807) is 13.0 Å². The molecule has 0 saturated carbocycles. The Bertz CT molecular complexity index is 1370. The minimum Gasteiger partial charge on any atom is -0.486 e. The topological polar surface area (TPSA) is 93.9 Å². The van der Waals surface area contributed by atoms with Crippen LogP contribution < -0.4 is 10.5 Å². The van der Waals surface area contributed by atoms with E-state index >= 15 is 0 Å². The lowest BCUT2D eigenvalue weighted by molar-refractivity contribution is 0.101. The number of rotatable bonds is 5. The van der Waals surface area contributed by atoms with Crippen molar-refractivity contribution < 1.29 is 9.53 Å². The lowest BCUT2D eigenvalue weighted by Gasteiger charge is -2.16. The minimum atomic E-state index is 0.0102. The number of pyridine rings is 1. The molecular weight excluding hydrogens is 400 g/mol. The summed E-state index contributed by atoms with van der Waals surface area (Å²) in [6.45, 7) is 1.55. The van der Waals surface area contributed by atoms with E-state index in [0.717, 1.165) is 39.9 Å². The van der Waals surface area contributed by atoms with Crippen molar-refractivity contribution in [3.05, 3.63) is 84.5 Å². The second-order valence-corrected chi connectivity index (χ2v) is 7.76. The van der Waals surface area contributed by atoms with Crippen LogP contribution in [0.15, 0.2) is 78.9 Å². The fourth-order valence-electron chi connectivity index (χ4n) is 3.85. The zero-order chi connectivity index (χ0) is 22.1. The molecule has 0 spiro atoms. The first-order valence-corrected chi connectivity index (χ1v) is 10.4. The number of allylic oxidation sites excluding steroid dienone is 2. The smallest absolute Gasteiger partial charge is 0.184 e. The Morgan fingerprint density at radius 3 is 2.69 bits per heavy atom. The molecule has 4 aromatic rings. The third-order valence-corrected chi connectivity index (χ3v) is 5.51. The Morgan fingerprint density at radius 2 is 1.94 bits per heavy atom. The van der Waals surface area contributed by atoms with Crippen molar-refractivity contribution in [1.82, 2.24) is 15.2 Å². The Balaban J connectivity index is 1.55. The van der Waals surface area contributed by atoms with Crippen LogP contribution in [-0.4, -0.2) is 27.1 Å². The molecule has 158 valence electrons. The number of benzene rings is 2. The second-order valence-electron chi connectivity index (χ2n) is 7.76. The van der Waals surface area contributed by atoms with Gasteiger partial charge in [-0.1, -0.05) is 48.6 Å². The lowest BCUT2D eigenvalue weighted by atomic mass is 9.99. The van der Waals surface area contributed by atoms with Gasteiger partial charge in [-0.05, 0) is 48.4 Å². The van der Waals surface area contributed by atoms with E-state index < -0.39 is 0 Å². The van der Waals surface area contributed by atoms with E-state index in [4.69, 9.17) is 10.5 Å². The predicted molar refractivity (Wildman–Crippen MR) is 126 cm³/mol. The number of hydrogen-bond acceptors (Lipinski definition) is 5. The van der Waals surface area contributed by atoms with Gasteiger partial charge in [-0.2, -0.15) is 5.10 Å². The third-order valence-electron chi connectivity index (χ3n) is 5.51. The molecule has 0 amide bonds. The van der Waals surface area contributed by atoms with Gasteiger partial charge in [-0.15, -0.1) is 0 Å². The summed E-state index contributed by atoms with van der Waals surface area (Å²) in [5, 5.41) is 7.88. The normalized spacial score (nSPS) is 15.2. The van der Waals surface area contributed by atoms with Crippen LogP contribution in [0.2, 0.25) is 0 Å². The number of nitrogens with two attached hydrogens (primary N) is 1. The summed E-state index contributed by atoms with van der Waals surface area (Å²) >= 11 is 0. The first kappa shape index (κ1) is 19.8. The van der Waals surface area contributed by atoms with Crippen molar-refractivity contribution in [3.8, 4) is 28.1 Å². The average molecular weight is 422 g/mol. The highest BCUT2D eigenvalue weighted by atomic mass is 16.5. The number of aromatic amines is 1. The Kier molecular flexibility index (Phi) is 5.03. The van der Waals surface area contributed by atoms with Gasteiger partial charge in [0.15, 0.2) is 11.4 Å². The molecule has 1 atom stereocenters. The number of fused-ring (bicyclic) bond motifs is 1. The Labute approximate surface area is 185 Å². The zero-order valence-corrected chi connectivity index (χ0v) is 17.6. The summed E-state index contributed by atoms with van der Waals surface area (Å²) < 4.78 is 6.05. The zero-order valence-electron chi connectivity index (χ0n) is 17.6. The van der Waals surface area contributed by atoms with Gasteiger partial charge in [0.1, 0.15) is 17.7 Å². The van der Waals surface area contributed by atoms with Gasteiger partial charge in [0, 0.05) is 17.5 Å². The molecule has 1 aliphatic rings. The molecule has 2 heterocycles. The standard InChI is InChI=1S/C26H22N4O2/c1-16(31)18-6-5-7-19(14-18)23-15-22(24-25(27)29-30-26(24)28-23)17-10-12-21(13-11-17)32-20-8-3-2-4-9-20/h2-8,10-15,20H,9H2,1H3,(H3,27,28,29,30). The number of H-pyrrole nitrogens is 1. The highest BCUT2D eigenvalue weighted by Crippen LogP contribution is 2.35. The number of nitrogen functional groups attached to an aromatic ring is 1. The van der Waals surface area contributed by atoms with Gasteiger partial charge in [0.25, 0.3) is 0 Å². The maximum absolute atomic E-state index is 11.8. The quantitative estimate of drug-likeness (QED) is 0.423. The summed E-state index contributed by atoms with van der Waals surface area (Å²) in [4.78, 5) is 16.5. The summed E-state index contributed by atoms with van der Waals surface area (Å²) in [5.74, 6) is 1.28. The number of ketones is 1. The average Bonchev–Trinajstić information content (AvgIpc) is 3.20. The number of nitrogens with one attached hydrogen (secondary N) is 1. The van der Waals surface area contributed by atoms with Gasteiger partial charge in [0.05, 0.1) is 11.1 Å². The summed E-state index contributed by atoms with van der Waals surface area (Å²) in [7, 11) is 0. The number of nitrogens with zero attached hydrogens (tertiary/aromatic N) is 2. The monoisotopic (exact) mass is 422 g/mol. The van der Waals surface area contributed by atoms with Crippen molar-refractivity contribution in [2.45, 2.75) is 19.4 Å². The van der Waals surface area contributed by atoms with Crippen LogP contribution in [0.3, 0.4) is 0 Å². The van der Waals surface area contributed by atoms with Gasteiger partial charge in [0.2, 0.25) is 0 Å². The van der Waals surface area contributed by atoms with Crippen molar-refractivity contribution in [2.24, 2.45) is 0 Å². The van der Waals surface area contributed by atoms with E-state index in [2.05, 4.69) is 21.3 Å². The maximum atomic E-state index is 11.8. The number of Topliss-reactive ketones (excluding diaryl/α,β-unsaturated/α-hetero) is 1. The number of aromatic nitrogens is 3. The molecule has 0 fully saturated rings. The van der Waals surface area contributed by atoms with Crippen LogP contribution in [0, 0.1) is 0 Å². The summed E-state index contributed by atoms with van der Waals surface area (Å²) in [6, 6.07) is 17.4. The molecule has 1 unspecified atom stereocenters. The van der Waals surface area contributed by atoms with E-state index in [0.29, 0.717) is 17.0 Å². The molecule has 0 bridgehead atoms. The van der Waals surface area contributed by atoms with Crippen LogP contribution in [0.1, 0.15) is 23.7 Å². The van der Waals surface area contributed by atoms with E-state index in [-0.39, 0.29) is 11.9 Å². The molecule has 2 aromatic carbocycles. The largest absolute Gasteiger partial charge is 0.486 e. The molecule has 6 heteroatoms. The Hall–Kier alpha value is -4.19. The van der Waals surface area contributed by atoms with Crippen LogP contribution in [0.25, 0.3) is 33.4 Å². The Morgan fingerprint density at radius 1 is 1.09 bits per heavy atom. The number of ether oxygens (including phenoxy) is 1. The first-order valence-electron chi connectivity index (χ1n) is 10.4. The highest BCUT2D eigenvalue weighted by molar-refractivity contribution is 6.02. The van der Waals surface area contributed by atoms with Crippen LogP contribution in [-0.2, 0) is 0 Å². The molecule has 6 nitrogen and oxygen atoms in total.